The van der Waals surface area contributed by atoms with E-state index >= 15 is 0 Å². The minimum Gasteiger partial charge on any atom is -0.497 e. The molecule has 210 valence electrons. The van der Waals surface area contributed by atoms with E-state index in [1.807, 2.05) is 56.3 Å². The van der Waals surface area contributed by atoms with Crippen LogP contribution in [-0.2, 0) is 11.2 Å². The lowest BCUT2D eigenvalue weighted by molar-refractivity contribution is -0.142. The van der Waals surface area contributed by atoms with Gasteiger partial charge in [-0.15, -0.1) is 0 Å². The van der Waals surface area contributed by atoms with Gasteiger partial charge in [-0.25, -0.2) is 8.78 Å². The monoisotopic (exact) mass is 554 g/mol. The third-order valence-corrected chi connectivity index (χ3v) is 7.91. The molecular weight excluding hydrogens is 522 g/mol. The van der Waals surface area contributed by atoms with Crippen LogP contribution in [0.1, 0.15) is 36.1 Å². The summed E-state index contributed by atoms with van der Waals surface area (Å²) in [4.78, 5) is 12.0. The van der Waals surface area contributed by atoms with Crippen LogP contribution in [0.2, 0.25) is 0 Å². The molecule has 0 aromatic heterocycles. The number of hydrogen-bond acceptors (Lipinski definition) is 4. The Morgan fingerprint density at radius 2 is 1.66 bits per heavy atom. The van der Waals surface area contributed by atoms with Crippen LogP contribution in [0.25, 0.3) is 11.1 Å². The number of carboxylic acid groups (broad SMARTS) is 1. The Bertz CT molecular complexity index is 1600. The van der Waals surface area contributed by atoms with Gasteiger partial charge in [-0.05, 0) is 90.6 Å². The van der Waals surface area contributed by atoms with Crippen molar-refractivity contribution >= 4 is 17.4 Å². The summed E-state index contributed by atoms with van der Waals surface area (Å²) in [5.41, 5.74) is 6.82. The molecule has 7 heteroatoms. The number of aryl methyl sites for hydroxylation is 1. The number of rotatable bonds is 8. The Balaban J connectivity index is 1.39. The summed E-state index contributed by atoms with van der Waals surface area (Å²) in [6.45, 7) is 5.67. The molecular formula is C34H32F2N2O3. The van der Waals surface area contributed by atoms with Gasteiger partial charge in [0.05, 0.1) is 30.5 Å². The topological polar surface area (TPSA) is 62.1 Å². The fourth-order valence-electron chi connectivity index (χ4n) is 5.51. The van der Waals surface area contributed by atoms with Crippen LogP contribution in [0.3, 0.4) is 0 Å². The van der Waals surface area contributed by atoms with Gasteiger partial charge < -0.3 is 9.84 Å². The molecule has 3 unspecified atom stereocenters. The quantitative estimate of drug-likeness (QED) is 0.245. The number of carboxylic acids is 1. The number of anilines is 1. The first-order valence-electron chi connectivity index (χ1n) is 13.5. The molecule has 1 aliphatic rings. The second-order valence-corrected chi connectivity index (χ2v) is 10.6. The normalized spacial score (nSPS) is 17.3. The molecule has 4 aromatic rings. The molecule has 0 amide bonds. The van der Waals surface area contributed by atoms with Gasteiger partial charge in [-0.2, -0.15) is 5.10 Å². The summed E-state index contributed by atoms with van der Waals surface area (Å²) in [6, 6.07) is 24.3. The molecule has 3 atom stereocenters. The molecule has 4 aromatic carbocycles. The lowest BCUT2D eigenvalue weighted by Gasteiger charge is -2.29. The van der Waals surface area contributed by atoms with Crippen molar-refractivity contribution in [2.24, 2.45) is 16.9 Å². The summed E-state index contributed by atoms with van der Waals surface area (Å²) < 4.78 is 33.3. The zero-order valence-corrected chi connectivity index (χ0v) is 23.4. The zero-order chi connectivity index (χ0) is 29.3. The van der Waals surface area contributed by atoms with Crippen molar-refractivity contribution in [3.8, 4) is 16.9 Å². The van der Waals surface area contributed by atoms with Crippen molar-refractivity contribution in [1.82, 2.24) is 0 Å². The number of nitrogens with zero attached hydrogens (tertiary/aromatic N) is 2. The lowest BCUT2D eigenvalue weighted by atomic mass is 9.85. The maximum absolute atomic E-state index is 14.5. The molecule has 0 saturated heterocycles. The standard InChI is InChI=1S/C34H32F2N2O3/c1-20-17-26(30-19-29(41-4)15-16-31(30)36)8-7-25(20)18-23-5-13-28(14-6-23)38-33(22(3)34(39)40)21(2)32(37-38)24-9-11-27(35)12-10-24/h5-17,19,21-22,33H,18H2,1-4H3,(H,39,40). The number of carbonyl (C=O) groups is 1. The average Bonchev–Trinajstić information content (AvgIpc) is 3.31. The fourth-order valence-corrected chi connectivity index (χ4v) is 5.51. The highest BCUT2D eigenvalue weighted by molar-refractivity contribution is 6.05. The number of hydrogen-bond donors (Lipinski definition) is 1. The fraction of sp³-hybridized carbons (Fsp3) is 0.235. The molecule has 1 heterocycles. The maximum Gasteiger partial charge on any atom is 0.308 e. The van der Waals surface area contributed by atoms with Crippen LogP contribution < -0.4 is 9.75 Å². The van der Waals surface area contributed by atoms with Gasteiger partial charge in [-0.3, -0.25) is 9.80 Å². The zero-order valence-electron chi connectivity index (χ0n) is 23.4. The van der Waals surface area contributed by atoms with Crippen molar-refractivity contribution in [3.05, 3.63) is 119 Å². The summed E-state index contributed by atoms with van der Waals surface area (Å²) in [5.74, 6) is -1.79. The van der Waals surface area contributed by atoms with Gasteiger partial charge in [0, 0.05) is 11.5 Å². The molecule has 0 spiro atoms. The second kappa shape index (κ2) is 11.5. The van der Waals surface area contributed by atoms with Crippen LogP contribution in [0.15, 0.2) is 90.0 Å². The van der Waals surface area contributed by atoms with E-state index < -0.39 is 17.9 Å². The van der Waals surface area contributed by atoms with Crippen molar-refractivity contribution in [2.75, 3.05) is 12.1 Å². The van der Waals surface area contributed by atoms with E-state index in [-0.39, 0.29) is 17.6 Å². The van der Waals surface area contributed by atoms with E-state index in [0.29, 0.717) is 17.7 Å². The number of benzene rings is 4. The Hall–Kier alpha value is -4.52. The average molecular weight is 555 g/mol. The maximum atomic E-state index is 14.5. The summed E-state index contributed by atoms with van der Waals surface area (Å²) >= 11 is 0. The summed E-state index contributed by atoms with van der Waals surface area (Å²) in [5, 5.41) is 16.5. The summed E-state index contributed by atoms with van der Waals surface area (Å²) in [6.07, 6.45) is 0.683. The predicted molar refractivity (Wildman–Crippen MR) is 158 cm³/mol. The lowest BCUT2D eigenvalue weighted by Crippen LogP contribution is -2.41. The molecule has 1 N–H and O–H groups in total. The molecule has 5 rings (SSSR count). The molecule has 5 nitrogen and oxygen atoms in total. The highest BCUT2D eigenvalue weighted by Gasteiger charge is 2.41. The van der Waals surface area contributed by atoms with Gasteiger partial charge in [0.2, 0.25) is 0 Å². The van der Waals surface area contributed by atoms with Crippen molar-refractivity contribution in [1.29, 1.82) is 0 Å². The molecule has 41 heavy (non-hydrogen) atoms. The third kappa shape index (κ3) is 5.71. The van der Waals surface area contributed by atoms with Crippen LogP contribution in [0.4, 0.5) is 14.5 Å². The highest BCUT2D eigenvalue weighted by atomic mass is 19.1. The number of methoxy groups -OCH3 is 1. The summed E-state index contributed by atoms with van der Waals surface area (Å²) in [7, 11) is 1.56. The van der Waals surface area contributed by atoms with Crippen molar-refractivity contribution in [2.45, 2.75) is 33.2 Å². The van der Waals surface area contributed by atoms with Crippen molar-refractivity contribution in [3.63, 3.8) is 0 Å². The largest absolute Gasteiger partial charge is 0.497 e. The SMILES string of the molecule is COc1ccc(F)c(-c2ccc(Cc3ccc(N4N=C(c5ccc(F)cc5)C(C)C4C(C)C(=O)O)cc3)c(C)c2)c1. The van der Waals surface area contributed by atoms with E-state index in [9.17, 15) is 18.7 Å². The Morgan fingerprint density at radius 1 is 0.976 bits per heavy atom. The van der Waals surface area contributed by atoms with Crippen LogP contribution in [0, 0.1) is 30.4 Å². The van der Waals surface area contributed by atoms with Crippen LogP contribution >= 0.6 is 0 Å². The molecule has 0 aliphatic carbocycles. The molecule has 1 aliphatic heterocycles. The van der Waals surface area contributed by atoms with Crippen LogP contribution in [0.5, 0.6) is 5.75 Å². The van der Waals surface area contributed by atoms with Gasteiger partial charge in [0.1, 0.15) is 17.4 Å². The first-order chi connectivity index (χ1) is 19.7. The van der Waals surface area contributed by atoms with Gasteiger partial charge in [0.15, 0.2) is 0 Å². The smallest absolute Gasteiger partial charge is 0.308 e. The Kier molecular flexibility index (Phi) is 7.88. The van der Waals surface area contributed by atoms with E-state index in [0.717, 1.165) is 39.2 Å². The molecule has 0 radical (unpaired) electrons. The number of aliphatic carboxylic acids is 1. The van der Waals surface area contributed by atoms with Crippen LogP contribution in [-0.4, -0.2) is 29.9 Å². The van der Waals surface area contributed by atoms with Gasteiger partial charge in [0.25, 0.3) is 0 Å². The first-order valence-corrected chi connectivity index (χ1v) is 13.5. The number of hydrazone groups is 1. The molecule has 0 bridgehead atoms. The molecule has 0 fully saturated rings. The van der Waals surface area contributed by atoms with E-state index in [2.05, 4.69) is 0 Å². The number of halogens is 2. The van der Waals surface area contributed by atoms with Gasteiger partial charge >= 0.3 is 5.97 Å². The third-order valence-electron chi connectivity index (χ3n) is 7.91. The first kappa shape index (κ1) is 28.0. The van der Waals surface area contributed by atoms with E-state index in [4.69, 9.17) is 9.84 Å². The predicted octanol–water partition coefficient (Wildman–Crippen LogP) is 7.49. The minimum absolute atomic E-state index is 0.179. The Morgan fingerprint density at radius 3 is 2.29 bits per heavy atom. The van der Waals surface area contributed by atoms with E-state index in [1.165, 1.54) is 18.2 Å². The van der Waals surface area contributed by atoms with E-state index in [1.54, 1.807) is 43.3 Å². The highest BCUT2D eigenvalue weighted by Crippen LogP contribution is 2.35. The molecule has 0 saturated carbocycles. The van der Waals surface area contributed by atoms with Gasteiger partial charge in [-0.1, -0.05) is 49.4 Å². The minimum atomic E-state index is -0.897. The number of ether oxygens (including phenoxy) is 1. The van der Waals surface area contributed by atoms with Crippen molar-refractivity contribution < 1.29 is 23.4 Å². The second-order valence-electron chi connectivity index (χ2n) is 10.6. The Labute approximate surface area is 238 Å².